The van der Waals surface area contributed by atoms with Gasteiger partial charge in [-0.2, -0.15) is 5.01 Å². The van der Waals surface area contributed by atoms with Crippen LogP contribution in [0.5, 0.6) is 11.5 Å². The highest BCUT2D eigenvalue weighted by molar-refractivity contribution is 6.07. The lowest BCUT2D eigenvalue weighted by Crippen LogP contribution is -2.66. The number of hydrogen-bond donors (Lipinski definition) is 1. The number of carbonyl (C=O) groups excluding carboxylic acids is 2. The Balaban J connectivity index is 1.25. The van der Waals surface area contributed by atoms with Gasteiger partial charge in [0.15, 0.2) is 6.23 Å². The molecule has 1 N–H and O–H groups in total. The van der Waals surface area contributed by atoms with E-state index < -0.39 is 29.9 Å². The Labute approximate surface area is 250 Å². The number of benzene rings is 3. The van der Waals surface area contributed by atoms with Crippen LogP contribution in [-0.4, -0.2) is 53.5 Å². The fourth-order valence-corrected chi connectivity index (χ4v) is 5.38. The van der Waals surface area contributed by atoms with Gasteiger partial charge in [-0.15, -0.1) is 5.17 Å². The molecule has 0 aliphatic carbocycles. The van der Waals surface area contributed by atoms with Crippen LogP contribution < -0.4 is 10.1 Å². The fraction of sp³-hybridized carbons (Fsp3) is 0.375. The van der Waals surface area contributed by atoms with Crippen LogP contribution in [0.25, 0.3) is 0 Å². The summed E-state index contributed by atoms with van der Waals surface area (Å²) in [5.41, 5.74) is 2.77. The van der Waals surface area contributed by atoms with E-state index in [9.17, 15) is 9.59 Å². The molecule has 3 aromatic rings. The van der Waals surface area contributed by atoms with E-state index in [1.54, 1.807) is 49.6 Å². The second kappa shape index (κ2) is 10.7. The predicted molar refractivity (Wildman–Crippen MR) is 157 cm³/mol. The number of fused-ring (bicyclic) bond motifs is 3. The fourth-order valence-electron chi connectivity index (χ4n) is 5.38. The summed E-state index contributed by atoms with van der Waals surface area (Å²) in [6.07, 6.45) is -1.38. The topological polar surface area (TPSA) is 102 Å². The Kier molecular flexibility index (Phi) is 7.28. The quantitative estimate of drug-likeness (QED) is 0.364. The number of nitrogens with one attached hydrogen (secondary N) is 1. The largest absolute Gasteiger partial charge is 0.460 e. The highest BCUT2D eigenvalue weighted by atomic mass is 17.1. The number of hydrogen-bond acceptors (Lipinski definition) is 10. The third-order valence-corrected chi connectivity index (χ3v) is 7.72. The lowest BCUT2D eigenvalue weighted by molar-refractivity contribution is -0.562. The maximum atomic E-state index is 13.6. The van der Waals surface area contributed by atoms with Gasteiger partial charge in [-0.3, -0.25) is 9.63 Å². The second-order valence-electron chi connectivity index (χ2n) is 12.5. The van der Waals surface area contributed by atoms with E-state index in [-0.39, 0.29) is 23.1 Å². The van der Waals surface area contributed by atoms with Crippen LogP contribution in [0.15, 0.2) is 60.7 Å². The highest BCUT2D eigenvalue weighted by Crippen LogP contribution is 2.45. The monoisotopic (exact) mass is 588 g/mol. The van der Waals surface area contributed by atoms with Crippen LogP contribution in [0.4, 0.5) is 5.69 Å². The zero-order valence-corrected chi connectivity index (χ0v) is 25.3. The van der Waals surface area contributed by atoms with Gasteiger partial charge in [0.05, 0.1) is 11.1 Å². The van der Waals surface area contributed by atoms with Crippen molar-refractivity contribution >= 4 is 17.6 Å². The second-order valence-corrected chi connectivity index (χ2v) is 12.5. The molecular weight excluding hydrogens is 552 g/mol. The molecule has 0 radical (unpaired) electrons. The van der Waals surface area contributed by atoms with Crippen LogP contribution in [-0.2, 0) is 24.7 Å². The molecular formula is C32H36N4O7. The predicted octanol–water partition coefficient (Wildman–Crippen LogP) is 5.88. The summed E-state index contributed by atoms with van der Waals surface area (Å²) in [5.74, 6) is 0.371. The number of esters is 1. The van der Waals surface area contributed by atoms with E-state index in [0.29, 0.717) is 22.6 Å². The van der Waals surface area contributed by atoms with Gasteiger partial charge in [0.2, 0.25) is 6.29 Å². The molecule has 1 amide bonds. The molecule has 0 bridgehead atoms. The van der Waals surface area contributed by atoms with Crippen LogP contribution in [0.3, 0.4) is 0 Å². The first-order valence-corrected chi connectivity index (χ1v) is 14.1. The summed E-state index contributed by atoms with van der Waals surface area (Å²) in [4.78, 5) is 44.0. The van der Waals surface area contributed by atoms with E-state index in [2.05, 4.69) is 38.2 Å². The molecule has 3 aliphatic heterocycles. The van der Waals surface area contributed by atoms with E-state index >= 15 is 0 Å². The van der Waals surface area contributed by atoms with Crippen molar-refractivity contribution in [3.63, 3.8) is 0 Å². The highest BCUT2D eigenvalue weighted by Gasteiger charge is 2.50. The zero-order valence-electron chi connectivity index (χ0n) is 25.3. The van der Waals surface area contributed by atoms with Crippen LogP contribution in [0.1, 0.15) is 84.5 Å². The van der Waals surface area contributed by atoms with E-state index in [1.165, 1.54) is 16.9 Å². The van der Waals surface area contributed by atoms with Crippen molar-refractivity contribution in [3.8, 4) is 11.5 Å². The number of amides is 1. The smallest absolute Gasteiger partial charge is 0.338 e. The van der Waals surface area contributed by atoms with Gasteiger partial charge >= 0.3 is 5.97 Å². The molecule has 1 unspecified atom stereocenters. The number of anilines is 1. The van der Waals surface area contributed by atoms with Gasteiger partial charge in [0.1, 0.15) is 18.1 Å². The van der Waals surface area contributed by atoms with Gasteiger partial charge in [-0.05, 0) is 73.4 Å². The Bertz CT molecular complexity index is 1540. The number of hydroxylamine groups is 3. The molecule has 0 spiro atoms. The van der Waals surface area contributed by atoms with Gasteiger partial charge in [0.25, 0.3) is 5.91 Å². The van der Waals surface area contributed by atoms with Crippen molar-refractivity contribution < 1.29 is 33.6 Å². The summed E-state index contributed by atoms with van der Waals surface area (Å²) in [6.45, 7) is 10.6. The number of hydrazine groups is 1. The first-order valence-electron chi connectivity index (χ1n) is 14.1. The number of rotatable bonds is 5. The first-order chi connectivity index (χ1) is 20.3. The third-order valence-electron chi connectivity index (χ3n) is 7.72. The molecule has 11 nitrogen and oxygen atoms in total. The molecule has 3 heterocycles. The average molecular weight is 589 g/mol. The molecule has 6 rings (SSSR count). The minimum absolute atomic E-state index is 0.0565. The van der Waals surface area contributed by atoms with Gasteiger partial charge in [-0.1, -0.05) is 38.1 Å². The number of cyclic esters (lactones) is 1. The minimum Gasteiger partial charge on any atom is -0.460 e. The maximum absolute atomic E-state index is 13.6. The van der Waals surface area contributed by atoms with Gasteiger partial charge in [-0.25, -0.2) is 14.5 Å². The van der Waals surface area contributed by atoms with Gasteiger partial charge in [0, 0.05) is 36.5 Å². The number of nitrogens with zero attached hydrogens (tertiary/aromatic N) is 3. The van der Waals surface area contributed by atoms with Crippen molar-refractivity contribution in [2.24, 2.45) is 0 Å². The van der Waals surface area contributed by atoms with Crippen molar-refractivity contribution in [1.29, 1.82) is 0 Å². The summed E-state index contributed by atoms with van der Waals surface area (Å²) in [5, 5.41) is 7.72. The minimum atomic E-state index is -0.836. The van der Waals surface area contributed by atoms with E-state index in [0.717, 1.165) is 5.75 Å². The average Bonchev–Trinajstić information content (AvgIpc) is 2.92. The zero-order chi connectivity index (χ0) is 30.7. The lowest BCUT2D eigenvalue weighted by Gasteiger charge is -2.55. The van der Waals surface area contributed by atoms with Crippen molar-refractivity contribution in [3.05, 3.63) is 88.5 Å². The van der Waals surface area contributed by atoms with E-state index in [4.69, 9.17) is 24.0 Å². The SMILES string of the molecule is CN1OC(c2cc3c(cc2C(=O)Nc2ccc(Oc4ccc(C(C)(C)C)cc4)cc2)C(=O)OCC(C)(C)N2C3ON2C)O1. The van der Waals surface area contributed by atoms with Crippen molar-refractivity contribution in [1.82, 2.24) is 15.4 Å². The van der Waals surface area contributed by atoms with Crippen molar-refractivity contribution in [2.75, 3.05) is 26.0 Å². The molecule has 1 atom stereocenters. The number of carbonyl (C=O) groups is 2. The Morgan fingerprint density at radius 2 is 1.56 bits per heavy atom. The van der Waals surface area contributed by atoms with Crippen LogP contribution in [0, 0.1) is 0 Å². The molecule has 3 aliphatic rings. The van der Waals surface area contributed by atoms with E-state index in [1.807, 2.05) is 31.0 Å². The normalized spacial score (nSPS) is 20.9. The standard InChI is InChI=1S/C32H36N4O7/c1-31(2,3)19-8-12-21(13-9-19)40-22-14-10-20(11-15-22)33-27(37)23-16-25-24(17-26(23)30-42-35(7)43-30)28-36(34(6)41-28)32(4,5)18-39-29(25)38/h8-17,28,30H,18H2,1-7H3,(H,33,37). The lowest BCUT2D eigenvalue weighted by atomic mass is 9.87. The Morgan fingerprint density at radius 3 is 2.14 bits per heavy atom. The molecule has 0 saturated carbocycles. The molecule has 43 heavy (non-hydrogen) atoms. The van der Waals surface area contributed by atoms with Crippen LogP contribution >= 0.6 is 0 Å². The third kappa shape index (κ3) is 5.63. The summed E-state index contributed by atoms with van der Waals surface area (Å²) in [7, 11) is 3.40. The molecule has 226 valence electrons. The Morgan fingerprint density at radius 1 is 0.930 bits per heavy atom. The van der Waals surface area contributed by atoms with Gasteiger partial charge < -0.3 is 14.8 Å². The molecule has 0 aromatic heterocycles. The summed E-state index contributed by atoms with van der Waals surface area (Å²) >= 11 is 0. The maximum Gasteiger partial charge on any atom is 0.338 e. The molecule has 11 heteroatoms. The van der Waals surface area contributed by atoms with Crippen molar-refractivity contribution in [2.45, 2.75) is 58.1 Å². The summed E-state index contributed by atoms with van der Waals surface area (Å²) < 4.78 is 11.6. The first kappa shape index (κ1) is 29.2. The summed E-state index contributed by atoms with van der Waals surface area (Å²) in [6, 6.07) is 18.3. The van der Waals surface area contributed by atoms with Crippen LogP contribution in [0.2, 0.25) is 0 Å². The molecule has 2 saturated heterocycles. The molecule has 2 fully saturated rings. The Hall–Kier alpha value is -3.84. The molecule has 3 aromatic carbocycles. The number of ether oxygens (including phenoxy) is 2.